The summed E-state index contributed by atoms with van der Waals surface area (Å²) in [5.41, 5.74) is 8.65. The summed E-state index contributed by atoms with van der Waals surface area (Å²) in [6, 6.07) is 1.85. The molecule has 24 heavy (non-hydrogen) atoms. The van der Waals surface area contributed by atoms with E-state index in [0.29, 0.717) is 17.1 Å². The molecule has 0 aromatic carbocycles. The van der Waals surface area contributed by atoms with Gasteiger partial charge in [-0.2, -0.15) is 0 Å². The molecular weight excluding hydrogens is 322 g/mol. The van der Waals surface area contributed by atoms with Crippen LogP contribution in [0, 0.1) is 0 Å². The molecule has 4 heterocycles. The molecule has 3 aromatic rings. The van der Waals surface area contributed by atoms with Crippen LogP contribution in [0.2, 0.25) is 0 Å². The molecule has 0 aliphatic carbocycles. The zero-order chi connectivity index (χ0) is 16.8. The van der Waals surface area contributed by atoms with Crippen LogP contribution < -0.4 is 5.73 Å². The van der Waals surface area contributed by atoms with E-state index in [9.17, 15) is 0 Å². The van der Waals surface area contributed by atoms with Gasteiger partial charge in [-0.1, -0.05) is 18.4 Å². The lowest BCUT2D eigenvalue weighted by molar-refractivity contribution is 0.381. The largest absolute Gasteiger partial charge is 0.383 e. The Bertz CT molecular complexity index is 783. The third kappa shape index (κ3) is 4.01. The van der Waals surface area contributed by atoms with Gasteiger partial charge in [0.2, 0.25) is 0 Å². The normalized spacial score (nSPS) is 15.0. The second-order valence-corrected chi connectivity index (χ2v) is 6.34. The molecule has 8 heteroatoms. The van der Waals surface area contributed by atoms with E-state index in [2.05, 4.69) is 35.5 Å². The van der Waals surface area contributed by atoms with Gasteiger partial charge >= 0.3 is 0 Å². The van der Waals surface area contributed by atoms with Gasteiger partial charge in [0.25, 0.3) is 0 Å². The topological polar surface area (TPSA) is 96.6 Å². The Labute approximate surface area is 145 Å². The molecule has 126 valence electrons. The number of piperidine rings is 1. The Morgan fingerprint density at radius 3 is 2.71 bits per heavy atom. The zero-order valence-corrected chi connectivity index (χ0v) is 14.5. The second kappa shape index (κ2) is 8.07. The van der Waals surface area contributed by atoms with Gasteiger partial charge < -0.3 is 10.7 Å². The molecule has 0 bridgehead atoms. The summed E-state index contributed by atoms with van der Waals surface area (Å²) in [6.45, 7) is 2.61. The molecule has 1 saturated heterocycles. The number of nitrogen functional groups attached to an aromatic ring is 1. The van der Waals surface area contributed by atoms with Crippen LogP contribution in [0.15, 0.2) is 31.0 Å². The monoisotopic (exact) mass is 343 g/mol. The first-order chi connectivity index (χ1) is 11.8. The fraction of sp³-hybridized carbons (Fsp3) is 0.375. The first-order valence-corrected chi connectivity index (χ1v) is 9.11. The van der Waals surface area contributed by atoms with E-state index in [0.717, 1.165) is 11.2 Å². The third-order valence-corrected chi connectivity index (χ3v) is 4.73. The fourth-order valence-corrected chi connectivity index (χ4v) is 3.17. The van der Waals surface area contributed by atoms with Crippen LogP contribution in [0.25, 0.3) is 22.4 Å². The van der Waals surface area contributed by atoms with Crippen LogP contribution in [0.3, 0.4) is 0 Å². The highest BCUT2D eigenvalue weighted by atomic mass is 32.2. The molecule has 4 rings (SSSR count). The van der Waals surface area contributed by atoms with E-state index in [1.54, 1.807) is 18.6 Å². The smallest absolute Gasteiger partial charge is 0.156 e. The first kappa shape index (κ1) is 16.7. The standard InChI is InChI=1S/C10H8N6.C6H13NS/c11-9-6(3-12-5-15-9)8-4-14-10-7(16-8)1-2-13-10;1-8-7-5-3-2-4-6-7/h1-5H,(H,13,14)(H2,11,12,15);2-6H2,1H3. The Balaban J connectivity index is 0.000000179. The molecule has 0 saturated carbocycles. The number of aromatic nitrogens is 5. The number of nitrogens with one attached hydrogen (secondary N) is 1. The summed E-state index contributed by atoms with van der Waals surface area (Å²) in [6.07, 6.45) is 12.9. The number of H-pyrrole nitrogens is 1. The highest BCUT2D eigenvalue weighted by Crippen LogP contribution is 2.21. The second-order valence-electron chi connectivity index (χ2n) is 5.46. The van der Waals surface area contributed by atoms with Crippen molar-refractivity contribution in [2.24, 2.45) is 0 Å². The minimum atomic E-state index is 0.402. The maximum absolute atomic E-state index is 5.75. The van der Waals surface area contributed by atoms with Crippen molar-refractivity contribution in [1.82, 2.24) is 29.2 Å². The van der Waals surface area contributed by atoms with E-state index >= 15 is 0 Å². The lowest BCUT2D eigenvalue weighted by Crippen LogP contribution is -2.22. The average Bonchev–Trinajstić information content (AvgIpc) is 3.11. The van der Waals surface area contributed by atoms with Crippen molar-refractivity contribution in [3.05, 3.63) is 31.0 Å². The predicted octanol–water partition coefficient (Wildman–Crippen LogP) is 2.75. The molecule has 7 nitrogen and oxygen atoms in total. The van der Waals surface area contributed by atoms with Gasteiger partial charge in [0.1, 0.15) is 17.7 Å². The molecule has 1 aliphatic rings. The van der Waals surface area contributed by atoms with Crippen molar-refractivity contribution in [3.63, 3.8) is 0 Å². The average molecular weight is 343 g/mol. The summed E-state index contributed by atoms with van der Waals surface area (Å²) in [5.74, 6) is 0.402. The van der Waals surface area contributed by atoms with E-state index in [-0.39, 0.29) is 0 Å². The molecule has 1 fully saturated rings. The third-order valence-electron chi connectivity index (χ3n) is 3.85. The molecule has 0 amide bonds. The van der Waals surface area contributed by atoms with Crippen molar-refractivity contribution in [3.8, 4) is 11.3 Å². The predicted molar refractivity (Wildman–Crippen MR) is 98.3 cm³/mol. The van der Waals surface area contributed by atoms with Crippen molar-refractivity contribution in [2.75, 3.05) is 25.1 Å². The zero-order valence-electron chi connectivity index (χ0n) is 13.6. The highest BCUT2D eigenvalue weighted by molar-refractivity contribution is 7.96. The minimum Gasteiger partial charge on any atom is -0.383 e. The van der Waals surface area contributed by atoms with Gasteiger partial charge in [0.05, 0.1) is 17.5 Å². The van der Waals surface area contributed by atoms with Gasteiger partial charge in [-0.15, -0.1) is 0 Å². The van der Waals surface area contributed by atoms with Gasteiger partial charge in [-0.05, 0) is 25.2 Å². The van der Waals surface area contributed by atoms with E-state index in [1.807, 2.05) is 18.0 Å². The Kier molecular flexibility index (Phi) is 5.60. The van der Waals surface area contributed by atoms with Crippen molar-refractivity contribution in [2.45, 2.75) is 19.3 Å². The fourth-order valence-electron chi connectivity index (χ4n) is 2.54. The van der Waals surface area contributed by atoms with E-state index in [1.165, 1.54) is 38.7 Å². The van der Waals surface area contributed by atoms with Crippen LogP contribution in [0.4, 0.5) is 5.82 Å². The summed E-state index contributed by atoms with van der Waals surface area (Å²) in [4.78, 5) is 19.5. The number of anilines is 1. The number of fused-ring (bicyclic) bond motifs is 1. The van der Waals surface area contributed by atoms with Crippen molar-refractivity contribution < 1.29 is 0 Å². The van der Waals surface area contributed by atoms with Crippen molar-refractivity contribution in [1.29, 1.82) is 0 Å². The maximum Gasteiger partial charge on any atom is 0.156 e. The van der Waals surface area contributed by atoms with Crippen LogP contribution in [-0.2, 0) is 0 Å². The van der Waals surface area contributed by atoms with Crippen LogP contribution in [0.1, 0.15) is 19.3 Å². The van der Waals surface area contributed by atoms with Gasteiger partial charge in [-0.3, -0.25) is 4.31 Å². The SMILES string of the molecule is CSN1CCCCC1.Nc1ncncc1-c1cnc2[nH]ccc2n1. The Morgan fingerprint density at radius 1 is 1.17 bits per heavy atom. The summed E-state index contributed by atoms with van der Waals surface area (Å²) in [7, 11) is 0. The molecular formula is C16H21N7S. The molecule has 1 aliphatic heterocycles. The first-order valence-electron chi connectivity index (χ1n) is 7.93. The summed E-state index contributed by atoms with van der Waals surface area (Å²) >= 11 is 1.88. The van der Waals surface area contributed by atoms with Gasteiger partial charge in [-0.25, -0.2) is 19.9 Å². The summed E-state index contributed by atoms with van der Waals surface area (Å²) < 4.78 is 2.43. The number of nitrogens with zero attached hydrogens (tertiary/aromatic N) is 5. The van der Waals surface area contributed by atoms with Gasteiger partial charge in [0, 0.05) is 25.5 Å². The molecule has 0 atom stereocenters. The van der Waals surface area contributed by atoms with Crippen LogP contribution in [-0.4, -0.2) is 48.6 Å². The molecule has 0 spiro atoms. The number of hydrogen-bond acceptors (Lipinski definition) is 7. The van der Waals surface area contributed by atoms with E-state index in [4.69, 9.17) is 5.73 Å². The Hall–Kier alpha value is -2.19. The maximum atomic E-state index is 5.75. The van der Waals surface area contributed by atoms with Crippen LogP contribution in [0.5, 0.6) is 0 Å². The van der Waals surface area contributed by atoms with E-state index < -0.39 is 0 Å². The van der Waals surface area contributed by atoms with Gasteiger partial charge in [0.15, 0.2) is 5.65 Å². The highest BCUT2D eigenvalue weighted by Gasteiger charge is 2.07. The Morgan fingerprint density at radius 2 is 2.00 bits per heavy atom. The number of aromatic amines is 1. The molecule has 0 unspecified atom stereocenters. The lowest BCUT2D eigenvalue weighted by Gasteiger charge is -2.22. The summed E-state index contributed by atoms with van der Waals surface area (Å²) in [5, 5.41) is 0. The molecule has 0 radical (unpaired) electrons. The molecule has 3 aromatic heterocycles. The lowest BCUT2D eigenvalue weighted by atomic mass is 10.2. The molecule has 3 N–H and O–H groups in total. The number of rotatable bonds is 2. The minimum absolute atomic E-state index is 0.402. The number of hydrogen-bond donors (Lipinski definition) is 2. The number of nitrogens with two attached hydrogens (primary N) is 1. The van der Waals surface area contributed by atoms with Crippen LogP contribution >= 0.6 is 11.9 Å². The quantitative estimate of drug-likeness (QED) is 0.691. The van der Waals surface area contributed by atoms with Crippen molar-refractivity contribution >= 4 is 28.9 Å².